The van der Waals surface area contributed by atoms with Crippen LogP contribution in [-0.2, 0) is 0 Å². The summed E-state index contributed by atoms with van der Waals surface area (Å²) in [5.41, 5.74) is 1.40. The van der Waals surface area contributed by atoms with Crippen LogP contribution in [0.15, 0.2) is 30.3 Å². The van der Waals surface area contributed by atoms with E-state index < -0.39 is 0 Å². The number of nitrogens with zero attached hydrogens (tertiary/aromatic N) is 1. The Balaban J connectivity index is 1.55. The van der Waals surface area contributed by atoms with Gasteiger partial charge in [0.25, 0.3) is 0 Å². The third kappa shape index (κ3) is 2.54. The van der Waals surface area contributed by atoms with E-state index in [1.807, 2.05) is 4.90 Å². The summed E-state index contributed by atoms with van der Waals surface area (Å²) in [6.45, 7) is 7.52. The van der Waals surface area contributed by atoms with E-state index in [9.17, 15) is 0 Å². The Kier molecular flexibility index (Phi) is 3.55. The SMILES string of the molecule is C[C@H]1CC[C@@H]([NH+]2CCN(c3ccccc3)CC2)C1. The Morgan fingerprint density at radius 1 is 1.06 bits per heavy atom. The third-order valence-corrected chi connectivity index (χ3v) is 4.80. The highest BCUT2D eigenvalue weighted by Gasteiger charge is 2.32. The smallest absolute Gasteiger partial charge is 0.0951 e. The highest BCUT2D eigenvalue weighted by atomic mass is 15.3. The zero-order valence-electron chi connectivity index (χ0n) is 11.4. The van der Waals surface area contributed by atoms with E-state index in [4.69, 9.17) is 0 Å². The summed E-state index contributed by atoms with van der Waals surface area (Å²) < 4.78 is 0. The molecule has 1 aromatic carbocycles. The summed E-state index contributed by atoms with van der Waals surface area (Å²) in [5.74, 6) is 0.967. The molecular weight excluding hydrogens is 220 g/mol. The van der Waals surface area contributed by atoms with Crippen LogP contribution < -0.4 is 9.80 Å². The summed E-state index contributed by atoms with van der Waals surface area (Å²) in [5, 5.41) is 0. The molecule has 1 aliphatic heterocycles. The lowest BCUT2D eigenvalue weighted by molar-refractivity contribution is -0.925. The lowest BCUT2D eigenvalue weighted by Gasteiger charge is -2.36. The molecule has 2 aliphatic rings. The Hall–Kier alpha value is -1.02. The van der Waals surface area contributed by atoms with Gasteiger partial charge >= 0.3 is 0 Å². The molecule has 0 aromatic heterocycles. The monoisotopic (exact) mass is 245 g/mol. The van der Waals surface area contributed by atoms with Gasteiger partial charge in [0.2, 0.25) is 0 Å². The minimum atomic E-state index is 0.956. The Bertz CT molecular complexity index is 368. The van der Waals surface area contributed by atoms with Gasteiger partial charge in [-0.05, 0) is 30.9 Å². The fraction of sp³-hybridized carbons (Fsp3) is 0.625. The molecule has 1 aromatic rings. The average molecular weight is 245 g/mol. The Morgan fingerprint density at radius 3 is 2.39 bits per heavy atom. The van der Waals surface area contributed by atoms with Gasteiger partial charge in [-0.2, -0.15) is 0 Å². The van der Waals surface area contributed by atoms with Crippen molar-refractivity contribution in [1.82, 2.24) is 0 Å². The molecule has 2 fully saturated rings. The number of para-hydroxylation sites is 1. The van der Waals surface area contributed by atoms with Gasteiger partial charge in [0.1, 0.15) is 0 Å². The first-order valence-corrected chi connectivity index (χ1v) is 7.47. The summed E-state index contributed by atoms with van der Waals surface area (Å²) in [4.78, 5) is 4.41. The third-order valence-electron chi connectivity index (χ3n) is 4.80. The first kappa shape index (κ1) is 12.0. The van der Waals surface area contributed by atoms with Crippen molar-refractivity contribution in [1.29, 1.82) is 0 Å². The van der Waals surface area contributed by atoms with Crippen molar-refractivity contribution in [2.24, 2.45) is 5.92 Å². The zero-order valence-corrected chi connectivity index (χ0v) is 11.4. The molecular formula is C16H25N2+. The predicted molar refractivity (Wildman–Crippen MR) is 76.2 cm³/mol. The second kappa shape index (κ2) is 5.31. The molecule has 1 aliphatic carbocycles. The van der Waals surface area contributed by atoms with E-state index in [-0.39, 0.29) is 0 Å². The van der Waals surface area contributed by atoms with Gasteiger partial charge in [-0.15, -0.1) is 0 Å². The maximum absolute atomic E-state index is 2.54. The molecule has 1 N–H and O–H groups in total. The van der Waals surface area contributed by atoms with Gasteiger partial charge in [0, 0.05) is 12.1 Å². The zero-order chi connectivity index (χ0) is 12.4. The highest BCUT2D eigenvalue weighted by molar-refractivity contribution is 5.46. The van der Waals surface area contributed by atoms with Crippen LogP contribution in [0.25, 0.3) is 0 Å². The molecule has 2 atom stereocenters. The van der Waals surface area contributed by atoms with Crippen LogP contribution in [0.1, 0.15) is 26.2 Å². The van der Waals surface area contributed by atoms with E-state index >= 15 is 0 Å². The summed E-state index contributed by atoms with van der Waals surface area (Å²) in [7, 11) is 0. The molecule has 1 saturated heterocycles. The molecule has 2 nitrogen and oxygen atoms in total. The minimum Gasteiger partial charge on any atom is -0.360 e. The molecule has 18 heavy (non-hydrogen) atoms. The molecule has 98 valence electrons. The molecule has 0 spiro atoms. The Labute approximate surface area is 111 Å². The Morgan fingerprint density at radius 2 is 1.78 bits per heavy atom. The van der Waals surface area contributed by atoms with Crippen LogP contribution >= 0.6 is 0 Å². The van der Waals surface area contributed by atoms with Gasteiger partial charge in [-0.3, -0.25) is 0 Å². The summed E-state index contributed by atoms with van der Waals surface area (Å²) in [6.07, 6.45) is 4.37. The number of hydrogen-bond acceptors (Lipinski definition) is 1. The van der Waals surface area contributed by atoms with E-state index in [0.29, 0.717) is 0 Å². The lowest BCUT2D eigenvalue weighted by atomic mass is 10.1. The van der Waals surface area contributed by atoms with Crippen molar-refractivity contribution in [3.63, 3.8) is 0 Å². The number of nitrogens with one attached hydrogen (secondary N) is 1. The second-order valence-electron chi connectivity index (χ2n) is 6.10. The van der Waals surface area contributed by atoms with Crippen molar-refractivity contribution in [2.75, 3.05) is 31.1 Å². The van der Waals surface area contributed by atoms with Crippen molar-refractivity contribution >= 4 is 5.69 Å². The average Bonchev–Trinajstić information content (AvgIpc) is 2.87. The number of piperazine rings is 1. The molecule has 1 saturated carbocycles. The van der Waals surface area contributed by atoms with Gasteiger partial charge < -0.3 is 9.80 Å². The van der Waals surface area contributed by atoms with Crippen LogP contribution in [0.3, 0.4) is 0 Å². The van der Waals surface area contributed by atoms with Gasteiger partial charge in [0.15, 0.2) is 0 Å². The van der Waals surface area contributed by atoms with E-state index in [2.05, 4.69) is 42.2 Å². The number of anilines is 1. The number of quaternary nitrogens is 1. The quantitative estimate of drug-likeness (QED) is 0.831. The van der Waals surface area contributed by atoms with E-state index in [1.54, 1.807) is 0 Å². The molecule has 1 heterocycles. The predicted octanol–water partition coefficient (Wildman–Crippen LogP) is 1.58. The first-order valence-electron chi connectivity index (χ1n) is 7.47. The number of benzene rings is 1. The molecule has 0 radical (unpaired) electrons. The van der Waals surface area contributed by atoms with Gasteiger partial charge in [-0.1, -0.05) is 25.1 Å². The van der Waals surface area contributed by atoms with E-state index in [1.165, 1.54) is 51.1 Å². The molecule has 0 bridgehead atoms. The minimum absolute atomic E-state index is 0.956. The topological polar surface area (TPSA) is 7.68 Å². The van der Waals surface area contributed by atoms with Crippen molar-refractivity contribution in [3.8, 4) is 0 Å². The maximum atomic E-state index is 2.54. The standard InChI is InChI=1S/C16H24N2/c1-14-7-8-16(13-14)18-11-9-17(10-12-18)15-5-3-2-4-6-15/h2-6,14,16H,7-13H2,1H3/p+1/t14-,16+/m0/s1. The summed E-state index contributed by atoms with van der Waals surface area (Å²) in [6, 6.07) is 11.8. The highest BCUT2D eigenvalue weighted by Crippen LogP contribution is 2.23. The fourth-order valence-corrected chi connectivity index (χ4v) is 3.68. The second-order valence-corrected chi connectivity index (χ2v) is 6.10. The van der Waals surface area contributed by atoms with Crippen molar-refractivity contribution < 1.29 is 4.90 Å². The first-order chi connectivity index (χ1) is 8.83. The summed E-state index contributed by atoms with van der Waals surface area (Å²) >= 11 is 0. The van der Waals surface area contributed by atoms with E-state index in [0.717, 1.165) is 12.0 Å². The lowest BCUT2D eigenvalue weighted by Crippen LogP contribution is -3.18. The van der Waals surface area contributed by atoms with Crippen LogP contribution in [-0.4, -0.2) is 32.2 Å². The number of hydrogen-bond donors (Lipinski definition) is 1. The van der Waals surface area contributed by atoms with Gasteiger partial charge in [-0.25, -0.2) is 0 Å². The normalized spacial score (nSPS) is 29.7. The fourth-order valence-electron chi connectivity index (χ4n) is 3.68. The molecule has 2 heteroatoms. The van der Waals surface area contributed by atoms with Crippen LogP contribution in [0.2, 0.25) is 0 Å². The largest absolute Gasteiger partial charge is 0.360 e. The maximum Gasteiger partial charge on any atom is 0.0951 e. The van der Waals surface area contributed by atoms with Crippen LogP contribution in [0.5, 0.6) is 0 Å². The van der Waals surface area contributed by atoms with Gasteiger partial charge in [0.05, 0.1) is 32.2 Å². The number of rotatable bonds is 2. The molecule has 0 unspecified atom stereocenters. The van der Waals surface area contributed by atoms with Crippen molar-refractivity contribution in [2.45, 2.75) is 32.2 Å². The molecule has 0 amide bonds. The van der Waals surface area contributed by atoms with Crippen LogP contribution in [0.4, 0.5) is 5.69 Å². The van der Waals surface area contributed by atoms with Crippen LogP contribution in [0, 0.1) is 5.92 Å². The molecule has 3 rings (SSSR count). The van der Waals surface area contributed by atoms with Crippen molar-refractivity contribution in [3.05, 3.63) is 30.3 Å².